The Kier molecular flexibility index (Phi) is 3.79. The zero-order valence-electron chi connectivity index (χ0n) is 12.4. The second kappa shape index (κ2) is 5.35. The van der Waals surface area contributed by atoms with Crippen molar-refractivity contribution < 1.29 is 0 Å². The van der Waals surface area contributed by atoms with Gasteiger partial charge < -0.3 is 9.80 Å². The van der Waals surface area contributed by atoms with Crippen LogP contribution in [0.4, 0.5) is 11.4 Å². The molecule has 0 aliphatic rings. The molecule has 2 rings (SSSR count). The lowest BCUT2D eigenvalue weighted by molar-refractivity contribution is 1.08. The molecule has 0 N–H and O–H groups in total. The van der Waals surface area contributed by atoms with Crippen LogP contribution in [-0.2, 0) is 0 Å². The summed E-state index contributed by atoms with van der Waals surface area (Å²) < 4.78 is 0. The quantitative estimate of drug-likeness (QED) is 0.822. The van der Waals surface area contributed by atoms with Gasteiger partial charge in [0.2, 0.25) is 0 Å². The van der Waals surface area contributed by atoms with E-state index in [9.17, 15) is 0 Å². The standard InChI is InChI=1S/C17H22N2/c1-13-9-11-14(12-10-13)15-7-6-8-16(18(2)3)17(15)19(4)5/h6-12H,1-5H3. The maximum Gasteiger partial charge on any atom is 0.0678 e. The zero-order valence-corrected chi connectivity index (χ0v) is 12.4. The van der Waals surface area contributed by atoms with Gasteiger partial charge in [-0.1, -0.05) is 42.0 Å². The Morgan fingerprint density at radius 1 is 0.737 bits per heavy atom. The molecule has 0 amide bonds. The molecule has 0 bridgehead atoms. The van der Waals surface area contributed by atoms with Crippen LogP contribution in [0.1, 0.15) is 5.56 Å². The number of aryl methyl sites for hydroxylation is 1. The van der Waals surface area contributed by atoms with Crippen LogP contribution >= 0.6 is 0 Å². The fourth-order valence-corrected chi connectivity index (χ4v) is 2.33. The predicted octanol–water partition coefficient (Wildman–Crippen LogP) is 3.79. The van der Waals surface area contributed by atoms with Crippen molar-refractivity contribution in [3.8, 4) is 11.1 Å². The molecule has 2 nitrogen and oxygen atoms in total. The Bertz CT molecular complexity index is 554. The Hall–Kier alpha value is -1.96. The highest BCUT2D eigenvalue weighted by atomic mass is 15.1. The molecule has 2 aromatic rings. The van der Waals surface area contributed by atoms with E-state index in [2.05, 4.69) is 87.4 Å². The van der Waals surface area contributed by atoms with Crippen molar-refractivity contribution >= 4 is 11.4 Å². The Morgan fingerprint density at radius 3 is 1.89 bits per heavy atom. The van der Waals surface area contributed by atoms with Gasteiger partial charge in [0.05, 0.1) is 11.4 Å². The van der Waals surface area contributed by atoms with E-state index >= 15 is 0 Å². The lowest BCUT2D eigenvalue weighted by Crippen LogP contribution is -2.17. The summed E-state index contributed by atoms with van der Waals surface area (Å²) in [6, 6.07) is 15.2. The van der Waals surface area contributed by atoms with Crippen LogP contribution in [0.25, 0.3) is 11.1 Å². The highest BCUT2D eigenvalue weighted by Gasteiger charge is 2.13. The Morgan fingerprint density at radius 2 is 1.37 bits per heavy atom. The van der Waals surface area contributed by atoms with Gasteiger partial charge in [-0.3, -0.25) is 0 Å². The first kappa shape index (κ1) is 13.5. The summed E-state index contributed by atoms with van der Waals surface area (Å²) in [6.45, 7) is 2.12. The average Bonchev–Trinajstić information content (AvgIpc) is 2.38. The van der Waals surface area contributed by atoms with Gasteiger partial charge in [-0.2, -0.15) is 0 Å². The minimum atomic E-state index is 1.24. The van der Waals surface area contributed by atoms with Gasteiger partial charge in [0.15, 0.2) is 0 Å². The smallest absolute Gasteiger partial charge is 0.0678 e. The molecule has 0 heterocycles. The molecule has 100 valence electrons. The molecule has 0 radical (unpaired) electrons. The van der Waals surface area contributed by atoms with E-state index in [0.29, 0.717) is 0 Å². The van der Waals surface area contributed by atoms with Crippen LogP contribution in [-0.4, -0.2) is 28.2 Å². The van der Waals surface area contributed by atoms with Crippen LogP contribution in [0.2, 0.25) is 0 Å². The molecule has 0 aromatic heterocycles. The molecule has 2 aromatic carbocycles. The van der Waals surface area contributed by atoms with E-state index < -0.39 is 0 Å². The van der Waals surface area contributed by atoms with E-state index in [1.54, 1.807) is 0 Å². The second-order valence-corrected chi connectivity index (χ2v) is 5.33. The van der Waals surface area contributed by atoms with Crippen LogP contribution in [0.15, 0.2) is 42.5 Å². The molecule has 0 unspecified atom stereocenters. The number of para-hydroxylation sites is 1. The summed E-state index contributed by atoms with van der Waals surface area (Å²) in [5.41, 5.74) is 6.33. The van der Waals surface area contributed by atoms with Gasteiger partial charge >= 0.3 is 0 Å². The summed E-state index contributed by atoms with van der Waals surface area (Å²) >= 11 is 0. The number of benzene rings is 2. The van der Waals surface area contributed by atoms with Crippen molar-refractivity contribution in [2.24, 2.45) is 0 Å². The maximum atomic E-state index is 2.19. The molecule has 2 heteroatoms. The third kappa shape index (κ3) is 2.73. The number of nitrogens with zero attached hydrogens (tertiary/aromatic N) is 2. The summed E-state index contributed by atoms with van der Waals surface area (Å²) in [5.74, 6) is 0. The maximum absolute atomic E-state index is 2.19. The highest BCUT2D eigenvalue weighted by molar-refractivity contribution is 5.88. The van der Waals surface area contributed by atoms with E-state index in [-0.39, 0.29) is 0 Å². The number of rotatable bonds is 3. The third-order valence-electron chi connectivity index (χ3n) is 3.31. The molecular weight excluding hydrogens is 232 g/mol. The van der Waals surface area contributed by atoms with Crippen molar-refractivity contribution in [3.05, 3.63) is 48.0 Å². The largest absolute Gasteiger partial charge is 0.376 e. The summed E-state index contributed by atoms with van der Waals surface area (Å²) in [7, 11) is 8.36. The predicted molar refractivity (Wildman–Crippen MR) is 85.3 cm³/mol. The summed E-state index contributed by atoms with van der Waals surface area (Å²) in [5, 5.41) is 0. The molecule has 0 atom stereocenters. The second-order valence-electron chi connectivity index (χ2n) is 5.33. The number of hydrogen-bond acceptors (Lipinski definition) is 2. The fourth-order valence-electron chi connectivity index (χ4n) is 2.33. The van der Waals surface area contributed by atoms with Gasteiger partial charge in [0.1, 0.15) is 0 Å². The number of hydrogen-bond donors (Lipinski definition) is 0. The van der Waals surface area contributed by atoms with Crippen molar-refractivity contribution in [1.29, 1.82) is 0 Å². The zero-order chi connectivity index (χ0) is 14.0. The van der Waals surface area contributed by atoms with Gasteiger partial charge in [-0.25, -0.2) is 0 Å². The minimum Gasteiger partial charge on any atom is -0.376 e. The van der Waals surface area contributed by atoms with E-state index in [1.165, 1.54) is 28.1 Å². The van der Waals surface area contributed by atoms with Crippen molar-refractivity contribution in [3.63, 3.8) is 0 Å². The van der Waals surface area contributed by atoms with Crippen LogP contribution in [0.5, 0.6) is 0 Å². The van der Waals surface area contributed by atoms with E-state index in [1.807, 2.05) is 0 Å². The Balaban J connectivity index is 2.62. The lowest BCUT2D eigenvalue weighted by atomic mass is 10.0. The number of anilines is 2. The first-order valence-electron chi connectivity index (χ1n) is 6.55. The monoisotopic (exact) mass is 254 g/mol. The first-order valence-corrected chi connectivity index (χ1v) is 6.55. The van der Waals surface area contributed by atoms with Gasteiger partial charge in [-0.15, -0.1) is 0 Å². The van der Waals surface area contributed by atoms with Crippen molar-refractivity contribution in [2.45, 2.75) is 6.92 Å². The molecule has 0 saturated heterocycles. The first-order chi connectivity index (χ1) is 9.00. The summed E-state index contributed by atoms with van der Waals surface area (Å²) in [6.07, 6.45) is 0. The van der Waals surface area contributed by atoms with E-state index in [4.69, 9.17) is 0 Å². The van der Waals surface area contributed by atoms with Gasteiger partial charge in [-0.05, 0) is 18.6 Å². The Labute approximate surface area is 116 Å². The minimum absolute atomic E-state index is 1.24. The third-order valence-corrected chi connectivity index (χ3v) is 3.31. The molecule has 19 heavy (non-hydrogen) atoms. The van der Waals surface area contributed by atoms with Crippen molar-refractivity contribution in [1.82, 2.24) is 0 Å². The lowest BCUT2D eigenvalue weighted by Gasteiger charge is -2.25. The molecule has 0 aliphatic heterocycles. The van der Waals surface area contributed by atoms with Crippen LogP contribution in [0.3, 0.4) is 0 Å². The van der Waals surface area contributed by atoms with Crippen LogP contribution in [0, 0.1) is 6.92 Å². The van der Waals surface area contributed by atoms with Gasteiger partial charge in [0.25, 0.3) is 0 Å². The van der Waals surface area contributed by atoms with Gasteiger partial charge in [0, 0.05) is 33.8 Å². The fraction of sp³-hybridized carbons (Fsp3) is 0.294. The normalized spacial score (nSPS) is 10.4. The van der Waals surface area contributed by atoms with Crippen LogP contribution < -0.4 is 9.80 Å². The topological polar surface area (TPSA) is 6.48 Å². The SMILES string of the molecule is Cc1ccc(-c2cccc(N(C)C)c2N(C)C)cc1. The molecule has 0 spiro atoms. The molecule has 0 saturated carbocycles. The van der Waals surface area contributed by atoms with E-state index in [0.717, 1.165) is 0 Å². The molecular formula is C17H22N2. The molecule has 0 fully saturated rings. The summed E-state index contributed by atoms with van der Waals surface area (Å²) in [4.78, 5) is 4.34. The van der Waals surface area contributed by atoms with Crippen molar-refractivity contribution in [2.75, 3.05) is 38.0 Å². The highest BCUT2D eigenvalue weighted by Crippen LogP contribution is 2.37. The average molecular weight is 254 g/mol. The molecule has 0 aliphatic carbocycles.